The minimum atomic E-state index is 0.922. The van der Waals surface area contributed by atoms with E-state index in [-0.39, 0.29) is 0 Å². The van der Waals surface area contributed by atoms with Crippen molar-refractivity contribution in [1.82, 2.24) is 20.4 Å². The molecule has 0 saturated heterocycles. The van der Waals surface area contributed by atoms with Gasteiger partial charge in [-0.1, -0.05) is 0 Å². The maximum atomic E-state index is 4.22. The predicted octanol–water partition coefficient (Wildman–Crippen LogP) is 3.21. The summed E-state index contributed by atoms with van der Waals surface area (Å²) in [5.74, 6) is 0. The molecule has 3 aromatic rings. The summed E-state index contributed by atoms with van der Waals surface area (Å²) in [6.45, 7) is 4.00. The number of H-pyrrole nitrogens is 1. The van der Waals surface area contributed by atoms with Crippen LogP contribution < -0.4 is 0 Å². The van der Waals surface area contributed by atoms with E-state index in [1.807, 2.05) is 26.2 Å². The summed E-state index contributed by atoms with van der Waals surface area (Å²) in [4.78, 5) is 6.54. The van der Waals surface area contributed by atoms with Gasteiger partial charge in [0.2, 0.25) is 0 Å². The van der Waals surface area contributed by atoms with E-state index in [9.17, 15) is 0 Å². The molecule has 0 spiro atoms. The molecule has 0 radical (unpaired) electrons. The Bertz CT molecular complexity index is 684. The van der Waals surface area contributed by atoms with Crippen molar-refractivity contribution in [3.8, 4) is 21.0 Å². The molecule has 4 nitrogen and oxygen atoms in total. The maximum Gasteiger partial charge on any atom is 0.125 e. The quantitative estimate of drug-likeness (QED) is 0.766. The number of rotatable bonds is 2. The Hall–Kier alpha value is -2.01. The number of hydrogen-bond acceptors (Lipinski definition) is 4. The molecule has 0 aliphatic rings. The molecule has 0 fully saturated rings. The van der Waals surface area contributed by atoms with Gasteiger partial charge in [-0.05, 0) is 37.6 Å². The first-order valence-electron chi connectivity index (χ1n) is 5.63. The Morgan fingerprint density at radius 3 is 2.61 bits per heavy atom. The Kier molecular flexibility index (Phi) is 2.68. The number of nitrogens with zero attached hydrogens (tertiary/aromatic N) is 3. The van der Waals surface area contributed by atoms with Crippen molar-refractivity contribution in [2.75, 3.05) is 0 Å². The van der Waals surface area contributed by atoms with E-state index in [0.717, 1.165) is 21.8 Å². The van der Waals surface area contributed by atoms with E-state index < -0.39 is 0 Å². The van der Waals surface area contributed by atoms with Crippen molar-refractivity contribution in [3.05, 3.63) is 41.9 Å². The minimum Gasteiger partial charge on any atom is -0.264 e. The Morgan fingerprint density at radius 1 is 1.06 bits per heavy atom. The largest absolute Gasteiger partial charge is 0.264 e. The molecule has 3 heterocycles. The topological polar surface area (TPSA) is 54.5 Å². The highest BCUT2D eigenvalue weighted by Crippen LogP contribution is 2.34. The molecule has 0 amide bonds. The lowest BCUT2D eigenvalue weighted by atomic mass is 10.2. The smallest absolute Gasteiger partial charge is 0.125 e. The fourth-order valence-corrected chi connectivity index (χ4v) is 2.86. The average molecular weight is 256 g/mol. The monoisotopic (exact) mass is 256 g/mol. The van der Waals surface area contributed by atoms with Crippen LogP contribution in [0.1, 0.15) is 11.3 Å². The van der Waals surface area contributed by atoms with Gasteiger partial charge in [-0.25, -0.2) is 0 Å². The van der Waals surface area contributed by atoms with Crippen molar-refractivity contribution in [2.45, 2.75) is 13.8 Å². The number of thiophene rings is 1. The second-order valence-electron chi connectivity index (χ2n) is 4.17. The molecule has 0 saturated carbocycles. The van der Waals surface area contributed by atoms with E-state index in [1.54, 1.807) is 11.3 Å². The van der Waals surface area contributed by atoms with Gasteiger partial charge in [0.25, 0.3) is 0 Å². The lowest BCUT2D eigenvalue weighted by molar-refractivity contribution is 0.930. The van der Waals surface area contributed by atoms with Crippen molar-refractivity contribution in [2.24, 2.45) is 0 Å². The SMILES string of the molecule is Cc1cncc(-c2ccc(-c3n[nH]nc3C)s2)c1. The van der Waals surface area contributed by atoms with Gasteiger partial charge in [0, 0.05) is 22.8 Å². The number of nitrogens with one attached hydrogen (secondary N) is 1. The first-order chi connectivity index (χ1) is 8.74. The zero-order valence-electron chi connectivity index (χ0n) is 10.1. The van der Waals surface area contributed by atoms with Gasteiger partial charge >= 0.3 is 0 Å². The molecule has 90 valence electrons. The molecule has 0 aliphatic heterocycles. The minimum absolute atomic E-state index is 0.922. The number of aromatic amines is 1. The van der Waals surface area contributed by atoms with Gasteiger partial charge < -0.3 is 0 Å². The molecule has 0 bridgehead atoms. The lowest BCUT2D eigenvalue weighted by Crippen LogP contribution is -1.78. The van der Waals surface area contributed by atoms with Crippen LogP contribution in [0.3, 0.4) is 0 Å². The summed E-state index contributed by atoms with van der Waals surface area (Å²) in [7, 11) is 0. The third-order valence-electron chi connectivity index (χ3n) is 2.72. The second kappa shape index (κ2) is 4.34. The van der Waals surface area contributed by atoms with E-state index in [1.165, 1.54) is 10.4 Å². The van der Waals surface area contributed by atoms with Crippen LogP contribution in [0.4, 0.5) is 0 Å². The summed E-state index contributed by atoms with van der Waals surface area (Å²) >= 11 is 1.70. The third-order valence-corrected chi connectivity index (χ3v) is 3.86. The maximum absolute atomic E-state index is 4.22. The number of aromatic nitrogens is 4. The van der Waals surface area contributed by atoms with E-state index >= 15 is 0 Å². The zero-order chi connectivity index (χ0) is 12.5. The summed E-state index contributed by atoms with van der Waals surface area (Å²) in [5, 5.41) is 10.9. The van der Waals surface area contributed by atoms with Crippen LogP contribution in [0.25, 0.3) is 21.0 Å². The third kappa shape index (κ3) is 1.93. The second-order valence-corrected chi connectivity index (χ2v) is 5.26. The fourth-order valence-electron chi connectivity index (χ4n) is 1.83. The molecule has 0 unspecified atom stereocenters. The standard InChI is InChI=1S/C13H12N4S/c1-8-5-10(7-14-6-8)11-3-4-12(18-11)13-9(2)15-17-16-13/h3-7H,1-2H3,(H,15,16,17). The summed E-state index contributed by atoms with van der Waals surface area (Å²) in [6, 6.07) is 6.32. The van der Waals surface area contributed by atoms with Gasteiger partial charge in [-0.15, -0.1) is 11.3 Å². The van der Waals surface area contributed by atoms with E-state index in [2.05, 4.69) is 38.6 Å². The normalized spacial score (nSPS) is 10.8. The Labute approximate surface area is 109 Å². The summed E-state index contributed by atoms with van der Waals surface area (Å²) in [6.07, 6.45) is 3.75. The van der Waals surface area contributed by atoms with Gasteiger partial charge in [-0.3, -0.25) is 4.98 Å². The van der Waals surface area contributed by atoms with Crippen LogP contribution in [-0.2, 0) is 0 Å². The molecular weight excluding hydrogens is 244 g/mol. The first kappa shape index (κ1) is 11.1. The van der Waals surface area contributed by atoms with Gasteiger partial charge in [-0.2, -0.15) is 15.4 Å². The molecule has 1 N–H and O–H groups in total. The molecule has 3 aromatic heterocycles. The lowest BCUT2D eigenvalue weighted by Gasteiger charge is -1.97. The predicted molar refractivity (Wildman–Crippen MR) is 72.4 cm³/mol. The van der Waals surface area contributed by atoms with Crippen LogP contribution >= 0.6 is 11.3 Å². The first-order valence-corrected chi connectivity index (χ1v) is 6.45. The highest BCUT2D eigenvalue weighted by Gasteiger charge is 2.10. The van der Waals surface area contributed by atoms with Crippen LogP contribution in [-0.4, -0.2) is 20.4 Å². The van der Waals surface area contributed by atoms with Crippen molar-refractivity contribution in [1.29, 1.82) is 0 Å². The highest BCUT2D eigenvalue weighted by atomic mass is 32.1. The van der Waals surface area contributed by atoms with Gasteiger partial charge in [0.1, 0.15) is 5.69 Å². The van der Waals surface area contributed by atoms with Gasteiger partial charge in [0.05, 0.1) is 10.6 Å². The van der Waals surface area contributed by atoms with Crippen molar-refractivity contribution >= 4 is 11.3 Å². The fraction of sp³-hybridized carbons (Fsp3) is 0.154. The van der Waals surface area contributed by atoms with Crippen molar-refractivity contribution in [3.63, 3.8) is 0 Å². The van der Waals surface area contributed by atoms with E-state index in [0.29, 0.717) is 0 Å². The zero-order valence-corrected chi connectivity index (χ0v) is 11.0. The Morgan fingerprint density at radius 2 is 1.89 bits per heavy atom. The molecule has 0 aliphatic carbocycles. The van der Waals surface area contributed by atoms with Crippen molar-refractivity contribution < 1.29 is 0 Å². The number of aryl methyl sites for hydroxylation is 2. The number of hydrogen-bond donors (Lipinski definition) is 1. The number of pyridine rings is 1. The van der Waals surface area contributed by atoms with E-state index in [4.69, 9.17) is 0 Å². The van der Waals surface area contributed by atoms with Crippen LogP contribution in [0.2, 0.25) is 0 Å². The molecule has 5 heteroatoms. The molecule has 0 atom stereocenters. The summed E-state index contributed by atoms with van der Waals surface area (Å²) < 4.78 is 0. The Balaban J connectivity index is 2.02. The van der Waals surface area contributed by atoms with Crippen LogP contribution in [0.15, 0.2) is 30.6 Å². The highest BCUT2D eigenvalue weighted by molar-refractivity contribution is 7.18. The summed E-state index contributed by atoms with van der Waals surface area (Å²) in [5.41, 5.74) is 4.16. The van der Waals surface area contributed by atoms with Crippen LogP contribution in [0, 0.1) is 13.8 Å². The molecule has 3 rings (SSSR count). The van der Waals surface area contributed by atoms with Crippen LogP contribution in [0.5, 0.6) is 0 Å². The molecule has 0 aromatic carbocycles. The van der Waals surface area contributed by atoms with Gasteiger partial charge in [0.15, 0.2) is 0 Å². The molecular formula is C13H12N4S. The molecule has 18 heavy (non-hydrogen) atoms. The average Bonchev–Trinajstić information content (AvgIpc) is 2.97.